The van der Waals surface area contributed by atoms with E-state index in [0.717, 1.165) is 62.0 Å². The molecule has 0 saturated carbocycles. The maximum absolute atomic E-state index is 12.4. The summed E-state index contributed by atoms with van der Waals surface area (Å²) in [6.07, 6.45) is 7.60. The highest BCUT2D eigenvalue weighted by Crippen LogP contribution is 2.24. The fraction of sp³-hybridized carbons (Fsp3) is 0.281. The molecule has 1 amide bonds. The minimum absolute atomic E-state index is 0.113. The number of aromatic nitrogens is 2. The lowest BCUT2D eigenvalue weighted by Crippen LogP contribution is -2.29. The van der Waals surface area contributed by atoms with Gasteiger partial charge in [-0.15, -0.1) is 0 Å². The normalized spacial score (nSPS) is 13.6. The van der Waals surface area contributed by atoms with Gasteiger partial charge in [-0.25, -0.2) is 4.98 Å². The molecule has 3 aromatic carbocycles. The van der Waals surface area contributed by atoms with Crippen molar-refractivity contribution in [3.63, 3.8) is 0 Å². The van der Waals surface area contributed by atoms with E-state index >= 15 is 0 Å². The summed E-state index contributed by atoms with van der Waals surface area (Å²) in [6.45, 7) is 6.09. The number of fused-ring (bicyclic) bond motifs is 1. The fourth-order valence-corrected chi connectivity index (χ4v) is 5.08. The molecule has 1 aliphatic heterocycles. The number of benzene rings is 3. The monoisotopic (exact) mass is 519 g/mol. The molecule has 39 heavy (non-hydrogen) atoms. The zero-order valence-electron chi connectivity index (χ0n) is 22.3. The van der Waals surface area contributed by atoms with Gasteiger partial charge in [0.1, 0.15) is 5.75 Å². The van der Waals surface area contributed by atoms with Crippen LogP contribution in [0.2, 0.25) is 0 Å². The molecule has 2 heterocycles. The molecule has 1 N–H and O–H groups in total. The number of carbonyl (C=O) groups is 1. The SMILES string of the molecule is Cc1cc(NC(=O)COc2ccc(C#N)cc2)cc2ncn(CCCCN3CC=C(c4ccccc4)CC3)c12. The van der Waals surface area contributed by atoms with E-state index in [1.54, 1.807) is 24.3 Å². The second-order valence-electron chi connectivity index (χ2n) is 9.92. The van der Waals surface area contributed by atoms with Crippen LogP contribution in [0.1, 0.15) is 36.0 Å². The Hall–Kier alpha value is -4.41. The quantitative estimate of drug-likeness (QED) is 0.268. The molecule has 0 atom stereocenters. The summed E-state index contributed by atoms with van der Waals surface area (Å²) in [6, 6.07) is 23.3. The summed E-state index contributed by atoms with van der Waals surface area (Å²) in [5.41, 5.74) is 7.10. The smallest absolute Gasteiger partial charge is 0.262 e. The van der Waals surface area contributed by atoms with Crippen LogP contribution in [0.15, 0.2) is 79.1 Å². The Bertz CT molecular complexity index is 1500. The third-order valence-electron chi connectivity index (χ3n) is 7.10. The number of unbranched alkanes of at least 4 members (excludes halogenated alkanes) is 1. The summed E-state index contributed by atoms with van der Waals surface area (Å²) >= 11 is 0. The maximum atomic E-state index is 12.4. The first-order valence-electron chi connectivity index (χ1n) is 13.4. The van der Waals surface area contributed by atoms with Crippen molar-refractivity contribution >= 4 is 28.2 Å². The first-order valence-corrected chi connectivity index (χ1v) is 13.4. The number of nitrogens with one attached hydrogen (secondary N) is 1. The highest BCUT2D eigenvalue weighted by atomic mass is 16.5. The predicted octanol–water partition coefficient (Wildman–Crippen LogP) is 5.80. The van der Waals surface area contributed by atoms with Crippen molar-refractivity contribution in [3.8, 4) is 11.8 Å². The summed E-state index contributed by atoms with van der Waals surface area (Å²) in [5, 5.41) is 11.8. The number of anilines is 1. The lowest BCUT2D eigenvalue weighted by molar-refractivity contribution is -0.118. The summed E-state index contributed by atoms with van der Waals surface area (Å²) < 4.78 is 7.75. The van der Waals surface area contributed by atoms with Gasteiger partial charge in [0.25, 0.3) is 5.91 Å². The first kappa shape index (κ1) is 26.2. The Labute approximate surface area is 229 Å². The van der Waals surface area contributed by atoms with Gasteiger partial charge in [0.05, 0.1) is 29.0 Å². The van der Waals surface area contributed by atoms with Crippen molar-refractivity contribution in [1.29, 1.82) is 5.26 Å². The Balaban J connectivity index is 1.09. The van der Waals surface area contributed by atoms with Crippen molar-refractivity contribution < 1.29 is 9.53 Å². The zero-order valence-corrected chi connectivity index (χ0v) is 22.3. The van der Waals surface area contributed by atoms with E-state index in [0.29, 0.717) is 17.0 Å². The van der Waals surface area contributed by atoms with Gasteiger partial charge in [-0.1, -0.05) is 36.4 Å². The van der Waals surface area contributed by atoms with Crippen LogP contribution in [0, 0.1) is 18.3 Å². The van der Waals surface area contributed by atoms with E-state index in [4.69, 9.17) is 10.00 Å². The minimum Gasteiger partial charge on any atom is -0.484 e. The van der Waals surface area contributed by atoms with Crippen LogP contribution in [0.25, 0.3) is 16.6 Å². The summed E-state index contributed by atoms with van der Waals surface area (Å²) in [4.78, 5) is 19.6. The summed E-state index contributed by atoms with van der Waals surface area (Å²) in [7, 11) is 0. The van der Waals surface area contributed by atoms with E-state index in [1.165, 1.54) is 11.1 Å². The zero-order chi connectivity index (χ0) is 27.0. The topological polar surface area (TPSA) is 83.2 Å². The standard InChI is InChI=1S/C32H33N5O2/c1-24-19-28(35-31(38)22-39-29-11-9-25(21-33)10-12-29)20-30-32(24)37(23-34-30)16-6-5-15-36-17-13-27(14-18-36)26-7-3-2-4-8-26/h2-4,7-13,19-20,23H,5-6,14-18,22H2,1H3,(H,35,38). The van der Waals surface area contributed by atoms with E-state index in [2.05, 4.69) is 62.2 Å². The van der Waals surface area contributed by atoms with Gasteiger partial charge in [0.15, 0.2) is 6.61 Å². The number of rotatable bonds is 10. The average Bonchev–Trinajstić information content (AvgIpc) is 3.38. The van der Waals surface area contributed by atoms with E-state index in [1.807, 2.05) is 25.4 Å². The molecular formula is C32H33N5O2. The number of carbonyl (C=O) groups excluding carboxylic acids is 1. The number of nitrogens with zero attached hydrogens (tertiary/aromatic N) is 4. The van der Waals surface area contributed by atoms with Crippen LogP contribution >= 0.6 is 0 Å². The van der Waals surface area contributed by atoms with Crippen LogP contribution < -0.4 is 10.1 Å². The molecule has 0 fully saturated rings. The molecule has 4 aromatic rings. The van der Waals surface area contributed by atoms with Gasteiger partial charge >= 0.3 is 0 Å². The average molecular weight is 520 g/mol. The van der Waals surface area contributed by atoms with E-state index in [9.17, 15) is 4.79 Å². The predicted molar refractivity (Wildman–Crippen MR) is 154 cm³/mol. The largest absolute Gasteiger partial charge is 0.484 e. The minimum atomic E-state index is -0.249. The van der Waals surface area contributed by atoms with Crippen molar-refractivity contribution in [2.75, 3.05) is 31.6 Å². The van der Waals surface area contributed by atoms with Crippen molar-refractivity contribution in [3.05, 3.63) is 95.8 Å². The fourth-order valence-electron chi connectivity index (χ4n) is 5.08. The van der Waals surface area contributed by atoms with Gasteiger partial charge in [0, 0.05) is 25.3 Å². The number of imidazole rings is 1. The molecule has 7 heteroatoms. The molecule has 1 aromatic heterocycles. The van der Waals surface area contributed by atoms with Crippen LogP contribution in [-0.2, 0) is 11.3 Å². The number of amides is 1. The number of nitriles is 1. The first-order chi connectivity index (χ1) is 19.1. The Kier molecular flexibility index (Phi) is 8.35. The van der Waals surface area contributed by atoms with Crippen LogP contribution in [0.5, 0.6) is 5.75 Å². The highest BCUT2D eigenvalue weighted by molar-refractivity contribution is 5.94. The Morgan fingerprint density at radius 1 is 1.08 bits per heavy atom. The van der Waals surface area contributed by atoms with Gasteiger partial charge in [-0.2, -0.15) is 5.26 Å². The second-order valence-corrected chi connectivity index (χ2v) is 9.92. The van der Waals surface area contributed by atoms with Gasteiger partial charge in [0.2, 0.25) is 0 Å². The molecule has 198 valence electrons. The molecule has 0 bridgehead atoms. The molecule has 5 rings (SSSR count). The second kappa shape index (κ2) is 12.4. The number of aryl methyl sites for hydroxylation is 2. The molecule has 0 unspecified atom stereocenters. The van der Waals surface area contributed by atoms with Crippen LogP contribution in [-0.4, -0.2) is 46.6 Å². The lowest BCUT2D eigenvalue weighted by Gasteiger charge is -2.26. The van der Waals surface area contributed by atoms with Gasteiger partial charge in [-0.05, 0) is 85.8 Å². The molecule has 1 aliphatic rings. The Morgan fingerprint density at radius 2 is 1.87 bits per heavy atom. The maximum Gasteiger partial charge on any atom is 0.262 e. The van der Waals surface area contributed by atoms with Crippen LogP contribution in [0.4, 0.5) is 5.69 Å². The van der Waals surface area contributed by atoms with Gasteiger partial charge in [-0.3, -0.25) is 9.69 Å². The van der Waals surface area contributed by atoms with Crippen LogP contribution in [0.3, 0.4) is 0 Å². The number of ether oxygens (including phenoxy) is 1. The molecule has 0 aliphatic carbocycles. The molecule has 0 saturated heterocycles. The van der Waals surface area contributed by atoms with E-state index < -0.39 is 0 Å². The van der Waals surface area contributed by atoms with E-state index in [-0.39, 0.29) is 12.5 Å². The lowest BCUT2D eigenvalue weighted by atomic mass is 9.99. The number of hydrogen-bond donors (Lipinski definition) is 1. The highest BCUT2D eigenvalue weighted by Gasteiger charge is 2.13. The third kappa shape index (κ3) is 6.73. The molecule has 0 spiro atoms. The van der Waals surface area contributed by atoms with Crippen molar-refractivity contribution in [2.45, 2.75) is 32.7 Å². The molecule has 0 radical (unpaired) electrons. The third-order valence-corrected chi connectivity index (χ3v) is 7.10. The van der Waals surface area contributed by atoms with Crippen molar-refractivity contribution in [2.24, 2.45) is 0 Å². The van der Waals surface area contributed by atoms with Gasteiger partial charge < -0.3 is 14.6 Å². The number of hydrogen-bond acceptors (Lipinski definition) is 5. The van der Waals surface area contributed by atoms with Crippen molar-refractivity contribution in [1.82, 2.24) is 14.5 Å². The molecular weight excluding hydrogens is 486 g/mol. The summed E-state index contributed by atoms with van der Waals surface area (Å²) in [5.74, 6) is 0.296. The molecule has 7 nitrogen and oxygen atoms in total. The Morgan fingerprint density at radius 3 is 2.62 bits per heavy atom.